The highest BCUT2D eigenvalue weighted by Gasteiger charge is 2.12. The summed E-state index contributed by atoms with van der Waals surface area (Å²) in [5.41, 5.74) is 0.884. The van der Waals surface area contributed by atoms with Crippen LogP contribution in [0.3, 0.4) is 0 Å². The molecule has 1 amide bonds. The summed E-state index contributed by atoms with van der Waals surface area (Å²) in [7, 11) is 0. The van der Waals surface area contributed by atoms with E-state index < -0.39 is 5.91 Å². The minimum absolute atomic E-state index is 0.0259. The number of benzene rings is 1. The second-order valence-corrected chi connectivity index (χ2v) is 5.89. The second-order valence-electron chi connectivity index (χ2n) is 4.86. The number of fused-ring (bicyclic) bond motifs is 1. The fraction of sp³-hybridized carbons (Fsp3) is 0.0556. The van der Waals surface area contributed by atoms with E-state index in [1.807, 2.05) is 30.3 Å². The van der Waals surface area contributed by atoms with E-state index in [1.165, 1.54) is 17.4 Å². The largest absolute Gasteiger partial charge is 0.454 e. The van der Waals surface area contributed by atoms with Gasteiger partial charge in [0.25, 0.3) is 5.91 Å². The number of hydrogen-bond acceptors (Lipinski definition) is 5. The van der Waals surface area contributed by atoms with E-state index in [0.717, 1.165) is 15.2 Å². The maximum atomic E-state index is 11.8. The van der Waals surface area contributed by atoms with Gasteiger partial charge in [-0.1, -0.05) is 18.2 Å². The number of thiazole rings is 1. The molecule has 0 unspecified atom stereocenters. The Morgan fingerprint density at radius 3 is 2.96 bits per heavy atom. The number of nitrogens with one attached hydrogen (secondary N) is 1. The van der Waals surface area contributed by atoms with E-state index in [1.54, 1.807) is 18.2 Å². The maximum Gasteiger partial charge on any atom is 0.262 e. The lowest BCUT2D eigenvalue weighted by atomic mass is 10.2. The fourth-order valence-electron chi connectivity index (χ4n) is 2.07. The van der Waals surface area contributed by atoms with Crippen molar-refractivity contribution in [1.29, 1.82) is 5.26 Å². The molecule has 0 aliphatic rings. The Morgan fingerprint density at radius 2 is 2.21 bits per heavy atom. The van der Waals surface area contributed by atoms with Crippen LogP contribution >= 0.6 is 11.3 Å². The smallest absolute Gasteiger partial charge is 0.262 e. The van der Waals surface area contributed by atoms with Crippen LogP contribution in [0.15, 0.2) is 59.0 Å². The number of nitriles is 1. The van der Waals surface area contributed by atoms with Gasteiger partial charge >= 0.3 is 0 Å². The van der Waals surface area contributed by atoms with Gasteiger partial charge in [0.2, 0.25) is 0 Å². The van der Waals surface area contributed by atoms with Crippen LogP contribution in [-0.2, 0) is 4.79 Å². The third kappa shape index (κ3) is 3.26. The number of furan rings is 1. The number of aromatic nitrogens is 1. The van der Waals surface area contributed by atoms with Gasteiger partial charge < -0.3 is 9.73 Å². The lowest BCUT2D eigenvalue weighted by Crippen LogP contribution is -2.24. The molecule has 0 spiro atoms. The van der Waals surface area contributed by atoms with E-state index in [4.69, 9.17) is 9.68 Å². The molecule has 3 aromatic rings. The normalized spacial score (nSPS) is 11.2. The molecular formula is C18H13N3O2S. The molecule has 5 nitrogen and oxygen atoms in total. The highest BCUT2D eigenvalue weighted by molar-refractivity contribution is 7.21. The Morgan fingerprint density at radius 1 is 1.38 bits per heavy atom. The predicted molar refractivity (Wildman–Crippen MR) is 94.1 cm³/mol. The minimum atomic E-state index is -0.463. The number of rotatable bonds is 5. The lowest BCUT2D eigenvalue weighted by Gasteiger charge is -1.99. The molecule has 0 atom stereocenters. The molecule has 24 heavy (non-hydrogen) atoms. The number of carbonyl (C=O) groups excluding carboxylic acids is 1. The Bertz CT molecular complexity index is 942. The van der Waals surface area contributed by atoms with Crippen LogP contribution in [0.4, 0.5) is 0 Å². The fourth-order valence-corrected chi connectivity index (χ4v) is 3.00. The van der Waals surface area contributed by atoms with Gasteiger partial charge in [-0.05, 0) is 24.3 Å². The van der Waals surface area contributed by atoms with Gasteiger partial charge in [-0.15, -0.1) is 17.9 Å². The average molecular weight is 335 g/mol. The van der Waals surface area contributed by atoms with E-state index in [2.05, 4.69) is 16.9 Å². The van der Waals surface area contributed by atoms with Crippen molar-refractivity contribution in [2.24, 2.45) is 0 Å². The third-order valence-corrected chi connectivity index (χ3v) is 4.24. The van der Waals surface area contributed by atoms with Crippen LogP contribution in [0.5, 0.6) is 0 Å². The number of amides is 1. The van der Waals surface area contributed by atoms with Crippen LogP contribution < -0.4 is 5.32 Å². The van der Waals surface area contributed by atoms with Crippen molar-refractivity contribution in [2.45, 2.75) is 0 Å². The van der Waals surface area contributed by atoms with Gasteiger partial charge in [0.15, 0.2) is 10.8 Å². The molecule has 0 bridgehead atoms. The van der Waals surface area contributed by atoms with Crippen molar-refractivity contribution < 1.29 is 9.21 Å². The van der Waals surface area contributed by atoms with E-state index in [0.29, 0.717) is 18.1 Å². The molecule has 3 rings (SSSR count). The molecule has 2 heterocycles. The second kappa shape index (κ2) is 6.94. The molecular weight excluding hydrogens is 322 g/mol. The summed E-state index contributed by atoms with van der Waals surface area (Å²) in [5, 5.41) is 12.4. The number of nitrogens with zero attached hydrogens (tertiary/aromatic N) is 2. The molecule has 118 valence electrons. The van der Waals surface area contributed by atoms with Gasteiger partial charge in [-0.25, -0.2) is 4.98 Å². The molecule has 2 aromatic heterocycles. The Hall–Kier alpha value is -3.17. The average Bonchev–Trinajstić information content (AvgIpc) is 3.23. The van der Waals surface area contributed by atoms with Crippen molar-refractivity contribution in [3.8, 4) is 16.8 Å². The number of hydrogen-bond donors (Lipinski definition) is 1. The van der Waals surface area contributed by atoms with Crippen molar-refractivity contribution in [1.82, 2.24) is 10.3 Å². The van der Waals surface area contributed by atoms with Gasteiger partial charge in [-0.2, -0.15) is 5.26 Å². The van der Waals surface area contributed by atoms with Crippen LogP contribution in [0.1, 0.15) is 5.76 Å². The van der Waals surface area contributed by atoms with Gasteiger partial charge in [0.05, 0.1) is 10.2 Å². The van der Waals surface area contributed by atoms with E-state index in [-0.39, 0.29) is 5.57 Å². The zero-order chi connectivity index (χ0) is 16.9. The molecule has 1 N–H and O–H groups in total. The van der Waals surface area contributed by atoms with Crippen molar-refractivity contribution in [3.63, 3.8) is 0 Å². The first-order chi connectivity index (χ1) is 11.7. The van der Waals surface area contributed by atoms with Crippen molar-refractivity contribution in [2.75, 3.05) is 6.54 Å². The topological polar surface area (TPSA) is 78.9 Å². The Labute approximate surface area is 142 Å². The summed E-state index contributed by atoms with van der Waals surface area (Å²) >= 11 is 1.52. The first-order valence-corrected chi connectivity index (χ1v) is 7.99. The molecule has 0 radical (unpaired) electrons. The predicted octanol–water partition coefficient (Wildman–Crippen LogP) is 3.77. The van der Waals surface area contributed by atoms with E-state index in [9.17, 15) is 4.79 Å². The number of carbonyl (C=O) groups is 1. The SMILES string of the molecule is C=CCNC(=O)C(C#N)=Cc1ccc(-c2nc3ccccc3s2)o1. The molecule has 0 saturated carbocycles. The van der Waals surface area contributed by atoms with Crippen LogP contribution in [-0.4, -0.2) is 17.4 Å². The molecule has 0 saturated heterocycles. The molecule has 1 aromatic carbocycles. The van der Waals surface area contributed by atoms with Crippen LogP contribution in [0.2, 0.25) is 0 Å². The minimum Gasteiger partial charge on any atom is -0.454 e. The third-order valence-electron chi connectivity index (χ3n) is 3.19. The summed E-state index contributed by atoms with van der Waals surface area (Å²) in [6.07, 6.45) is 2.96. The molecule has 6 heteroatoms. The standard InChI is InChI=1S/C18H13N3O2S/c1-2-9-20-17(22)12(11-19)10-13-7-8-15(23-13)18-21-14-5-3-4-6-16(14)24-18/h2-8,10H,1,9H2,(H,20,22). The Kier molecular flexibility index (Phi) is 4.54. The van der Waals surface area contributed by atoms with Crippen molar-refractivity contribution in [3.05, 3.63) is 60.4 Å². The van der Waals surface area contributed by atoms with Gasteiger partial charge in [-0.3, -0.25) is 4.79 Å². The summed E-state index contributed by atoms with van der Waals surface area (Å²) in [6, 6.07) is 13.2. The summed E-state index contributed by atoms with van der Waals surface area (Å²) < 4.78 is 6.78. The Balaban J connectivity index is 1.87. The highest BCUT2D eigenvalue weighted by atomic mass is 32.1. The van der Waals surface area contributed by atoms with Crippen LogP contribution in [0.25, 0.3) is 27.1 Å². The number of para-hydroxylation sites is 1. The summed E-state index contributed by atoms with van der Waals surface area (Å²) in [5.74, 6) is 0.566. The first-order valence-electron chi connectivity index (χ1n) is 7.18. The molecule has 0 aliphatic carbocycles. The maximum absolute atomic E-state index is 11.8. The lowest BCUT2D eigenvalue weighted by molar-refractivity contribution is -0.116. The first kappa shape index (κ1) is 15.7. The van der Waals surface area contributed by atoms with Crippen LogP contribution in [0, 0.1) is 11.3 Å². The quantitative estimate of drug-likeness (QED) is 0.437. The van der Waals surface area contributed by atoms with Crippen molar-refractivity contribution >= 4 is 33.5 Å². The zero-order valence-electron chi connectivity index (χ0n) is 12.7. The highest BCUT2D eigenvalue weighted by Crippen LogP contribution is 2.31. The monoisotopic (exact) mass is 335 g/mol. The van der Waals surface area contributed by atoms with Gasteiger partial charge in [0.1, 0.15) is 17.4 Å². The zero-order valence-corrected chi connectivity index (χ0v) is 13.5. The molecule has 0 fully saturated rings. The van der Waals surface area contributed by atoms with Gasteiger partial charge in [0, 0.05) is 12.6 Å². The molecule has 0 aliphatic heterocycles. The summed E-state index contributed by atoms with van der Waals surface area (Å²) in [6.45, 7) is 3.81. The summed E-state index contributed by atoms with van der Waals surface area (Å²) in [4.78, 5) is 16.4. The van der Waals surface area contributed by atoms with E-state index >= 15 is 0 Å².